The number of nitrogens with one attached hydrogen (secondary N) is 1. The standard InChI is InChI=1S/C9H13N3O/c1-6-3-4-8(11-5-6)12-9(13)7(2)10/h3-5,7H,10H2,1-2H3,(H,11,12,13)/t7-/m0/s1. The monoisotopic (exact) mass is 179 g/mol. The number of nitrogens with two attached hydrogens (primary N) is 1. The predicted octanol–water partition coefficient (Wildman–Crippen LogP) is 0.676. The molecule has 0 aliphatic heterocycles. The fraction of sp³-hybridized carbons (Fsp3) is 0.333. The summed E-state index contributed by atoms with van der Waals surface area (Å²) in [6.07, 6.45) is 1.69. The number of hydrogen-bond donors (Lipinski definition) is 2. The minimum atomic E-state index is -0.511. The van der Waals surface area contributed by atoms with Crippen LogP contribution >= 0.6 is 0 Å². The highest BCUT2D eigenvalue weighted by molar-refractivity contribution is 5.93. The molecule has 3 N–H and O–H groups in total. The van der Waals surface area contributed by atoms with Crippen LogP contribution in [0.4, 0.5) is 5.82 Å². The Morgan fingerprint density at radius 3 is 2.77 bits per heavy atom. The molecule has 1 rings (SSSR count). The Balaban J connectivity index is 2.65. The third-order valence-electron chi connectivity index (χ3n) is 1.58. The van der Waals surface area contributed by atoms with Gasteiger partial charge in [-0.05, 0) is 25.5 Å². The number of anilines is 1. The minimum absolute atomic E-state index is 0.226. The van der Waals surface area contributed by atoms with E-state index in [2.05, 4.69) is 10.3 Å². The second kappa shape index (κ2) is 4.00. The topological polar surface area (TPSA) is 68.0 Å². The molecular formula is C9H13N3O. The molecule has 0 saturated heterocycles. The van der Waals surface area contributed by atoms with Crippen molar-refractivity contribution in [1.29, 1.82) is 0 Å². The van der Waals surface area contributed by atoms with Crippen molar-refractivity contribution in [2.45, 2.75) is 19.9 Å². The van der Waals surface area contributed by atoms with Gasteiger partial charge in [-0.15, -0.1) is 0 Å². The minimum Gasteiger partial charge on any atom is -0.320 e. The summed E-state index contributed by atoms with van der Waals surface area (Å²) in [6, 6.07) is 3.11. The van der Waals surface area contributed by atoms with Crippen LogP contribution in [0, 0.1) is 6.92 Å². The van der Waals surface area contributed by atoms with Crippen molar-refractivity contribution in [2.75, 3.05) is 5.32 Å². The van der Waals surface area contributed by atoms with Crippen LogP contribution in [0.5, 0.6) is 0 Å². The molecule has 4 heteroatoms. The first-order valence-electron chi connectivity index (χ1n) is 4.08. The molecule has 0 unspecified atom stereocenters. The van der Waals surface area contributed by atoms with E-state index < -0.39 is 6.04 Å². The number of hydrogen-bond acceptors (Lipinski definition) is 3. The number of aromatic nitrogens is 1. The van der Waals surface area contributed by atoms with Crippen LogP contribution in [-0.4, -0.2) is 16.9 Å². The van der Waals surface area contributed by atoms with E-state index in [0.717, 1.165) is 5.56 Å². The van der Waals surface area contributed by atoms with Gasteiger partial charge in [-0.1, -0.05) is 6.07 Å². The Bertz CT molecular complexity index is 292. The first kappa shape index (κ1) is 9.67. The second-order valence-corrected chi connectivity index (χ2v) is 3.00. The molecule has 0 spiro atoms. The molecule has 1 atom stereocenters. The van der Waals surface area contributed by atoms with E-state index in [1.807, 2.05) is 13.0 Å². The van der Waals surface area contributed by atoms with Crippen LogP contribution in [0.15, 0.2) is 18.3 Å². The smallest absolute Gasteiger partial charge is 0.242 e. The van der Waals surface area contributed by atoms with E-state index in [-0.39, 0.29) is 5.91 Å². The highest BCUT2D eigenvalue weighted by atomic mass is 16.2. The number of aryl methyl sites for hydroxylation is 1. The Labute approximate surface area is 77.2 Å². The van der Waals surface area contributed by atoms with Crippen LogP contribution in [0.25, 0.3) is 0 Å². The lowest BCUT2D eigenvalue weighted by Gasteiger charge is -2.06. The molecule has 1 aromatic heterocycles. The van der Waals surface area contributed by atoms with Gasteiger partial charge in [0, 0.05) is 6.20 Å². The molecule has 0 radical (unpaired) electrons. The zero-order valence-electron chi connectivity index (χ0n) is 7.74. The van der Waals surface area contributed by atoms with E-state index in [0.29, 0.717) is 5.82 Å². The van der Waals surface area contributed by atoms with Gasteiger partial charge in [0.05, 0.1) is 6.04 Å². The SMILES string of the molecule is Cc1ccc(NC(=O)[C@H](C)N)nc1. The van der Waals surface area contributed by atoms with Crippen molar-refractivity contribution < 1.29 is 4.79 Å². The zero-order valence-corrected chi connectivity index (χ0v) is 7.74. The number of carbonyl (C=O) groups excluding carboxylic acids is 1. The van der Waals surface area contributed by atoms with Crippen LogP contribution in [0.2, 0.25) is 0 Å². The van der Waals surface area contributed by atoms with E-state index in [1.54, 1.807) is 19.2 Å². The Morgan fingerprint density at radius 2 is 2.31 bits per heavy atom. The lowest BCUT2D eigenvalue weighted by molar-refractivity contribution is -0.117. The van der Waals surface area contributed by atoms with Crippen LogP contribution < -0.4 is 11.1 Å². The van der Waals surface area contributed by atoms with Crippen LogP contribution in [0.3, 0.4) is 0 Å². The van der Waals surface area contributed by atoms with Gasteiger partial charge in [-0.2, -0.15) is 0 Å². The van der Waals surface area contributed by atoms with Crippen molar-refractivity contribution in [1.82, 2.24) is 4.98 Å². The maximum Gasteiger partial charge on any atom is 0.242 e. The highest BCUT2D eigenvalue weighted by Gasteiger charge is 2.07. The fourth-order valence-electron chi connectivity index (χ4n) is 0.782. The highest BCUT2D eigenvalue weighted by Crippen LogP contribution is 2.03. The Hall–Kier alpha value is -1.42. The Kier molecular flexibility index (Phi) is 2.97. The maximum atomic E-state index is 11.1. The molecule has 0 aromatic carbocycles. The largest absolute Gasteiger partial charge is 0.320 e. The number of pyridine rings is 1. The molecule has 0 aliphatic rings. The summed E-state index contributed by atoms with van der Waals surface area (Å²) < 4.78 is 0. The summed E-state index contributed by atoms with van der Waals surface area (Å²) in [6.45, 7) is 3.56. The van der Waals surface area contributed by atoms with Crippen molar-refractivity contribution in [2.24, 2.45) is 5.73 Å². The summed E-state index contributed by atoms with van der Waals surface area (Å²) in [5.41, 5.74) is 6.43. The van der Waals surface area contributed by atoms with Gasteiger partial charge in [-0.3, -0.25) is 4.79 Å². The molecular weight excluding hydrogens is 166 g/mol. The molecule has 70 valence electrons. The van der Waals surface area contributed by atoms with Crippen molar-refractivity contribution in [3.63, 3.8) is 0 Å². The molecule has 4 nitrogen and oxygen atoms in total. The third-order valence-corrected chi connectivity index (χ3v) is 1.58. The van der Waals surface area contributed by atoms with E-state index in [9.17, 15) is 4.79 Å². The summed E-state index contributed by atoms with van der Waals surface area (Å²) >= 11 is 0. The normalized spacial score (nSPS) is 12.2. The van der Waals surface area contributed by atoms with E-state index in [4.69, 9.17) is 5.73 Å². The lowest BCUT2D eigenvalue weighted by Crippen LogP contribution is -2.32. The van der Waals surface area contributed by atoms with Gasteiger partial charge in [-0.25, -0.2) is 4.98 Å². The zero-order chi connectivity index (χ0) is 9.84. The van der Waals surface area contributed by atoms with E-state index >= 15 is 0 Å². The summed E-state index contributed by atoms with van der Waals surface area (Å²) in [5.74, 6) is 0.309. The fourth-order valence-corrected chi connectivity index (χ4v) is 0.782. The molecule has 0 aliphatic carbocycles. The average Bonchev–Trinajstić information content (AvgIpc) is 2.08. The molecule has 0 saturated carbocycles. The molecule has 0 bridgehead atoms. The van der Waals surface area contributed by atoms with Crippen LogP contribution in [-0.2, 0) is 4.79 Å². The average molecular weight is 179 g/mol. The third kappa shape index (κ3) is 2.83. The van der Waals surface area contributed by atoms with Gasteiger partial charge in [0.15, 0.2) is 0 Å². The van der Waals surface area contributed by atoms with Gasteiger partial charge in [0.2, 0.25) is 5.91 Å². The first-order chi connectivity index (χ1) is 6.09. The maximum absolute atomic E-state index is 11.1. The van der Waals surface area contributed by atoms with E-state index in [1.165, 1.54) is 0 Å². The van der Waals surface area contributed by atoms with Gasteiger partial charge >= 0.3 is 0 Å². The number of nitrogens with zero attached hydrogens (tertiary/aromatic N) is 1. The molecule has 1 aromatic rings. The van der Waals surface area contributed by atoms with Crippen molar-refractivity contribution in [3.05, 3.63) is 23.9 Å². The summed E-state index contributed by atoms with van der Waals surface area (Å²) in [7, 11) is 0. The molecule has 1 heterocycles. The van der Waals surface area contributed by atoms with Crippen molar-refractivity contribution in [3.8, 4) is 0 Å². The number of carbonyl (C=O) groups is 1. The quantitative estimate of drug-likeness (QED) is 0.701. The lowest BCUT2D eigenvalue weighted by atomic mass is 10.3. The van der Waals surface area contributed by atoms with Gasteiger partial charge in [0.1, 0.15) is 5.82 Å². The number of rotatable bonds is 2. The van der Waals surface area contributed by atoms with Crippen LogP contribution in [0.1, 0.15) is 12.5 Å². The first-order valence-corrected chi connectivity index (χ1v) is 4.08. The molecule has 1 amide bonds. The predicted molar refractivity (Wildman–Crippen MR) is 51.3 cm³/mol. The molecule has 0 fully saturated rings. The van der Waals surface area contributed by atoms with Gasteiger partial charge < -0.3 is 11.1 Å². The van der Waals surface area contributed by atoms with Crippen molar-refractivity contribution >= 4 is 11.7 Å². The van der Waals surface area contributed by atoms with Gasteiger partial charge in [0.25, 0.3) is 0 Å². The molecule has 13 heavy (non-hydrogen) atoms. The summed E-state index contributed by atoms with van der Waals surface area (Å²) in [5, 5.41) is 2.59. The second-order valence-electron chi connectivity index (χ2n) is 3.00. The Morgan fingerprint density at radius 1 is 1.62 bits per heavy atom. The summed E-state index contributed by atoms with van der Waals surface area (Å²) in [4.78, 5) is 15.1. The number of amides is 1.